The van der Waals surface area contributed by atoms with Crippen LogP contribution < -0.4 is 0 Å². The second-order valence-corrected chi connectivity index (χ2v) is 4.06. The Hall–Kier alpha value is -2.02. The van der Waals surface area contributed by atoms with Gasteiger partial charge in [0.15, 0.2) is 0 Å². The topological polar surface area (TPSA) is 20.2 Å². The molecule has 2 aromatic rings. The third-order valence-electron chi connectivity index (χ3n) is 3.05. The summed E-state index contributed by atoms with van der Waals surface area (Å²) >= 11 is 0. The molecule has 1 aliphatic carbocycles. The zero-order valence-electron chi connectivity index (χ0n) is 8.80. The second-order valence-electron chi connectivity index (χ2n) is 4.06. The van der Waals surface area contributed by atoms with Crippen molar-refractivity contribution in [2.45, 2.75) is 5.92 Å². The Balaban J connectivity index is 2.05. The number of phenols is 1. The lowest BCUT2D eigenvalue weighted by atomic mass is 9.93. The maximum absolute atomic E-state index is 9.28. The standard InChI is InChI=1S/C15H12O/c16-13-8-5-12(6-9-13)15-10-7-11-3-1-2-4-14(11)15/h1-10,15-16H. The van der Waals surface area contributed by atoms with Crippen LogP contribution in [0.3, 0.4) is 0 Å². The molecule has 0 spiro atoms. The van der Waals surface area contributed by atoms with E-state index >= 15 is 0 Å². The Kier molecular flexibility index (Phi) is 2.03. The minimum atomic E-state index is 0.319. The Labute approximate surface area is 94.7 Å². The van der Waals surface area contributed by atoms with E-state index in [0.717, 1.165) is 0 Å². The lowest BCUT2D eigenvalue weighted by Gasteiger charge is -2.11. The molecule has 0 amide bonds. The van der Waals surface area contributed by atoms with E-state index in [2.05, 4.69) is 36.4 Å². The number of benzene rings is 2. The zero-order valence-corrected chi connectivity index (χ0v) is 8.80. The summed E-state index contributed by atoms with van der Waals surface area (Å²) in [4.78, 5) is 0. The quantitative estimate of drug-likeness (QED) is 0.759. The van der Waals surface area contributed by atoms with Gasteiger partial charge in [0.2, 0.25) is 0 Å². The van der Waals surface area contributed by atoms with Crippen LogP contribution in [0, 0.1) is 0 Å². The Morgan fingerprint density at radius 3 is 2.44 bits per heavy atom. The van der Waals surface area contributed by atoms with Crippen molar-refractivity contribution in [3.8, 4) is 5.75 Å². The van der Waals surface area contributed by atoms with E-state index in [-0.39, 0.29) is 0 Å². The van der Waals surface area contributed by atoms with Crippen molar-refractivity contribution in [2.24, 2.45) is 0 Å². The smallest absolute Gasteiger partial charge is 0.115 e. The van der Waals surface area contributed by atoms with Crippen LogP contribution >= 0.6 is 0 Å². The average Bonchev–Trinajstić information content (AvgIpc) is 2.74. The molecule has 0 radical (unpaired) electrons. The van der Waals surface area contributed by atoms with E-state index in [1.807, 2.05) is 12.1 Å². The minimum Gasteiger partial charge on any atom is -0.508 e. The van der Waals surface area contributed by atoms with E-state index in [1.54, 1.807) is 12.1 Å². The molecule has 0 heterocycles. The van der Waals surface area contributed by atoms with E-state index in [1.165, 1.54) is 16.7 Å². The fourth-order valence-electron chi connectivity index (χ4n) is 2.22. The van der Waals surface area contributed by atoms with Crippen LogP contribution in [0.25, 0.3) is 6.08 Å². The highest BCUT2D eigenvalue weighted by molar-refractivity contribution is 5.65. The Morgan fingerprint density at radius 2 is 1.62 bits per heavy atom. The summed E-state index contributed by atoms with van der Waals surface area (Å²) in [5, 5.41) is 9.28. The molecule has 0 bridgehead atoms. The van der Waals surface area contributed by atoms with Crippen molar-refractivity contribution in [3.05, 3.63) is 71.3 Å². The number of hydrogen-bond donors (Lipinski definition) is 1. The van der Waals surface area contributed by atoms with Gasteiger partial charge in [0, 0.05) is 5.92 Å². The van der Waals surface area contributed by atoms with Crippen LogP contribution in [0.2, 0.25) is 0 Å². The molecule has 1 nitrogen and oxygen atoms in total. The van der Waals surface area contributed by atoms with E-state index < -0.39 is 0 Å². The molecule has 0 aliphatic heterocycles. The number of hydrogen-bond acceptors (Lipinski definition) is 1. The molecule has 0 fully saturated rings. The first-order valence-corrected chi connectivity index (χ1v) is 5.41. The Morgan fingerprint density at radius 1 is 0.875 bits per heavy atom. The summed E-state index contributed by atoms with van der Waals surface area (Å²) in [6, 6.07) is 15.9. The van der Waals surface area contributed by atoms with Gasteiger partial charge >= 0.3 is 0 Å². The first kappa shape index (κ1) is 9.22. The molecule has 0 aromatic heterocycles. The maximum Gasteiger partial charge on any atom is 0.115 e. The van der Waals surface area contributed by atoms with Gasteiger partial charge in [-0.25, -0.2) is 0 Å². The van der Waals surface area contributed by atoms with Crippen LogP contribution in [-0.4, -0.2) is 5.11 Å². The number of allylic oxidation sites excluding steroid dienone is 1. The van der Waals surface area contributed by atoms with Crippen LogP contribution in [0.4, 0.5) is 0 Å². The van der Waals surface area contributed by atoms with Crippen molar-refractivity contribution >= 4 is 6.08 Å². The van der Waals surface area contributed by atoms with Crippen LogP contribution in [0.15, 0.2) is 54.6 Å². The van der Waals surface area contributed by atoms with Crippen molar-refractivity contribution < 1.29 is 5.11 Å². The molecule has 1 atom stereocenters. The van der Waals surface area contributed by atoms with Crippen molar-refractivity contribution in [3.63, 3.8) is 0 Å². The molecule has 0 saturated carbocycles. The van der Waals surface area contributed by atoms with Crippen molar-refractivity contribution in [1.82, 2.24) is 0 Å². The van der Waals surface area contributed by atoms with Gasteiger partial charge in [-0.1, -0.05) is 48.6 Å². The number of phenolic OH excluding ortho intramolecular Hbond substituents is 1. The third kappa shape index (κ3) is 1.41. The summed E-state index contributed by atoms with van der Waals surface area (Å²) in [7, 11) is 0. The normalized spacial score (nSPS) is 17.4. The zero-order chi connectivity index (χ0) is 11.0. The second kappa shape index (κ2) is 3.53. The molecule has 1 heteroatoms. The lowest BCUT2D eigenvalue weighted by Crippen LogP contribution is -1.94. The lowest BCUT2D eigenvalue weighted by molar-refractivity contribution is 0.475. The predicted octanol–water partition coefficient (Wildman–Crippen LogP) is 3.55. The number of rotatable bonds is 1. The molecule has 1 N–H and O–H groups in total. The number of aromatic hydroxyl groups is 1. The van der Waals surface area contributed by atoms with Crippen LogP contribution in [-0.2, 0) is 0 Å². The van der Waals surface area contributed by atoms with Crippen LogP contribution in [0.5, 0.6) is 5.75 Å². The van der Waals surface area contributed by atoms with Gasteiger partial charge < -0.3 is 5.11 Å². The van der Waals surface area contributed by atoms with Gasteiger partial charge in [-0.15, -0.1) is 0 Å². The van der Waals surface area contributed by atoms with E-state index in [9.17, 15) is 5.11 Å². The summed E-state index contributed by atoms with van der Waals surface area (Å²) in [5.74, 6) is 0.649. The molecule has 1 unspecified atom stereocenters. The summed E-state index contributed by atoms with van der Waals surface area (Å²) in [6.45, 7) is 0. The highest BCUT2D eigenvalue weighted by Crippen LogP contribution is 2.35. The monoisotopic (exact) mass is 208 g/mol. The summed E-state index contributed by atoms with van der Waals surface area (Å²) in [5.41, 5.74) is 3.85. The van der Waals surface area contributed by atoms with Gasteiger partial charge in [-0.2, -0.15) is 0 Å². The van der Waals surface area contributed by atoms with Gasteiger partial charge in [-0.3, -0.25) is 0 Å². The molecule has 3 rings (SSSR count). The highest BCUT2D eigenvalue weighted by Gasteiger charge is 2.17. The number of fused-ring (bicyclic) bond motifs is 1. The molecular weight excluding hydrogens is 196 g/mol. The van der Waals surface area contributed by atoms with Crippen LogP contribution in [0.1, 0.15) is 22.6 Å². The highest BCUT2D eigenvalue weighted by atomic mass is 16.3. The fraction of sp³-hybridized carbons (Fsp3) is 0.0667. The summed E-state index contributed by atoms with van der Waals surface area (Å²) < 4.78 is 0. The molecular formula is C15H12O. The fourth-order valence-corrected chi connectivity index (χ4v) is 2.22. The SMILES string of the molecule is Oc1ccc(C2C=Cc3ccccc32)cc1. The average molecular weight is 208 g/mol. The summed E-state index contributed by atoms with van der Waals surface area (Å²) in [6.07, 6.45) is 4.36. The molecule has 78 valence electrons. The van der Waals surface area contributed by atoms with Crippen molar-refractivity contribution in [2.75, 3.05) is 0 Å². The predicted molar refractivity (Wildman–Crippen MR) is 65.4 cm³/mol. The van der Waals surface area contributed by atoms with Gasteiger partial charge in [-0.05, 0) is 28.8 Å². The van der Waals surface area contributed by atoms with E-state index in [4.69, 9.17) is 0 Å². The Bertz CT molecular complexity index is 538. The largest absolute Gasteiger partial charge is 0.508 e. The molecule has 0 saturated heterocycles. The van der Waals surface area contributed by atoms with Gasteiger partial charge in [0.05, 0.1) is 0 Å². The first-order valence-electron chi connectivity index (χ1n) is 5.41. The molecule has 1 aliphatic rings. The minimum absolute atomic E-state index is 0.319. The van der Waals surface area contributed by atoms with Gasteiger partial charge in [0.1, 0.15) is 5.75 Å². The molecule has 2 aromatic carbocycles. The van der Waals surface area contributed by atoms with E-state index in [0.29, 0.717) is 11.7 Å². The molecule has 16 heavy (non-hydrogen) atoms. The maximum atomic E-state index is 9.28. The first-order chi connectivity index (χ1) is 7.84. The van der Waals surface area contributed by atoms with Gasteiger partial charge in [0.25, 0.3) is 0 Å². The third-order valence-corrected chi connectivity index (χ3v) is 3.05. The van der Waals surface area contributed by atoms with Crippen molar-refractivity contribution in [1.29, 1.82) is 0 Å².